The van der Waals surface area contributed by atoms with E-state index in [2.05, 4.69) is 13.8 Å². The molecule has 0 amide bonds. The second-order valence-corrected chi connectivity index (χ2v) is 3.84. The molecule has 0 aromatic carbocycles. The predicted octanol–water partition coefficient (Wildman–Crippen LogP) is 2.96. The lowest BCUT2D eigenvalue weighted by atomic mass is 10.0. The SMILES string of the molecule is CCCCCC1(C)OC1CCl. The molecule has 2 atom stereocenters. The molecule has 1 heterocycles. The molecular formula is C9H17ClO. The van der Waals surface area contributed by atoms with Crippen LogP contribution in [-0.4, -0.2) is 17.6 Å². The fourth-order valence-corrected chi connectivity index (χ4v) is 1.82. The molecule has 1 nitrogen and oxygen atoms in total. The number of epoxide rings is 1. The Balaban J connectivity index is 2.08. The summed E-state index contributed by atoms with van der Waals surface area (Å²) in [6.07, 6.45) is 5.38. The highest BCUT2D eigenvalue weighted by Crippen LogP contribution is 2.41. The van der Waals surface area contributed by atoms with Crippen molar-refractivity contribution in [2.75, 3.05) is 5.88 Å². The lowest BCUT2D eigenvalue weighted by Crippen LogP contribution is -2.10. The molecule has 0 spiro atoms. The zero-order valence-corrected chi connectivity index (χ0v) is 8.16. The van der Waals surface area contributed by atoms with Crippen LogP contribution in [0.2, 0.25) is 0 Å². The highest BCUT2D eigenvalue weighted by Gasteiger charge is 2.50. The van der Waals surface area contributed by atoms with Crippen LogP contribution >= 0.6 is 11.6 Å². The average molecular weight is 177 g/mol. The first-order valence-corrected chi connectivity index (χ1v) is 5.00. The molecule has 0 aromatic rings. The number of hydrogen-bond donors (Lipinski definition) is 0. The molecule has 0 aromatic heterocycles. The summed E-state index contributed by atoms with van der Waals surface area (Å²) in [5.74, 6) is 0.655. The highest BCUT2D eigenvalue weighted by atomic mass is 35.5. The number of rotatable bonds is 5. The van der Waals surface area contributed by atoms with Crippen LogP contribution in [0.15, 0.2) is 0 Å². The monoisotopic (exact) mass is 176 g/mol. The largest absolute Gasteiger partial charge is 0.365 e. The van der Waals surface area contributed by atoms with Gasteiger partial charge in [-0.25, -0.2) is 0 Å². The second kappa shape index (κ2) is 3.77. The molecule has 0 saturated carbocycles. The summed E-state index contributed by atoms with van der Waals surface area (Å²) in [5.41, 5.74) is 0.136. The van der Waals surface area contributed by atoms with Gasteiger partial charge >= 0.3 is 0 Å². The molecule has 0 bridgehead atoms. The van der Waals surface area contributed by atoms with Crippen molar-refractivity contribution in [2.45, 2.75) is 51.2 Å². The summed E-state index contributed by atoms with van der Waals surface area (Å²) in [6, 6.07) is 0. The minimum Gasteiger partial charge on any atom is -0.365 e. The molecule has 0 N–H and O–H groups in total. The predicted molar refractivity (Wildman–Crippen MR) is 48.1 cm³/mol. The molecule has 1 aliphatic heterocycles. The van der Waals surface area contributed by atoms with E-state index < -0.39 is 0 Å². The van der Waals surface area contributed by atoms with Gasteiger partial charge in [-0.3, -0.25) is 0 Å². The Morgan fingerprint density at radius 2 is 2.18 bits per heavy atom. The summed E-state index contributed by atoms with van der Waals surface area (Å²) in [6.45, 7) is 4.38. The molecule has 1 saturated heterocycles. The van der Waals surface area contributed by atoms with E-state index in [1.54, 1.807) is 0 Å². The van der Waals surface area contributed by atoms with Gasteiger partial charge < -0.3 is 4.74 Å². The Morgan fingerprint density at radius 3 is 2.64 bits per heavy atom. The first kappa shape index (κ1) is 9.34. The number of alkyl halides is 1. The van der Waals surface area contributed by atoms with E-state index in [0.29, 0.717) is 12.0 Å². The van der Waals surface area contributed by atoms with E-state index in [1.807, 2.05) is 0 Å². The van der Waals surface area contributed by atoms with E-state index in [1.165, 1.54) is 25.7 Å². The third-order valence-electron chi connectivity index (χ3n) is 2.45. The summed E-state index contributed by atoms with van der Waals surface area (Å²) >= 11 is 5.67. The first-order valence-electron chi connectivity index (χ1n) is 4.46. The Morgan fingerprint density at radius 1 is 1.45 bits per heavy atom. The molecule has 0 radical (unpaired) electrons. The molecule has 11 heavy (non-hydrogen) atoms. The minimum absolute atomic E-state index is 0.136. The molecule has 1 fully saturated rings. The topological polar surface area (TPSA) is 12.5 Å². The molecule has 1 aliphatic rings. The van der Waals surface area contributed by atoms with Crippen molar-refractivity contribution in [3.05, 3.63) is 0 Å². The number of unbranched alkanes of at least 4 members (excludes halogenated alkanes) is 2. The van der Waals surface area contributed by atoms with Crippen LogP contribution in [0, 0.1) is 0 Å². The minimum atomic E-state index is 0.136. The van der Waals surface area contributed by atoms with Gasteiger partial charge in [0, 0.05) is 0 Å². The van der Waals surface area contributed by atoms with Gasteiger partial charge in [0.15, 0.2) is 0 Å². The normalized spacial score (nSPS) is 35.7. The summed E-state index contributed by atoms with van der Waals surface area (Å²) in [7, 11) is 0. The Bertz CT molecular complexity index is 127. The summed E-state index contributed by atoms with van der Waals surface area (Å²) < 4.78 is 5.47. The molecule has 66 valence electrons. The maximum absolute atomic E-state index is 5.67. The Labute approximate surface area is 74.1 Å². The van der Waals surface area contributed by atoms with Crippen molar-refractivity contribution in [3.8, 4) is 0 Å². The molecule has 2 heteroatoms. The maximum Gasteiger partial charge on any atom is 0.101 e. The third kappa shape index (κ3) is 2.34. The maximum atomic E-state index is 5.67. The zero-order chi connectivity index (χ0) is 8.32. The van der Waals surface area contributed by atoms with Crippen LogP contribution in [0.3, 0.4) is 0 Å². The van der Waals surface area contributed by atoms with Crippen molar-refractivity contribution >= 4 is 11.6 Å². The van der Waals surface area contributed by atoms with E-state index in [4.69, 9.17) is 16.3 Å². The van der Waals surface area contributed by atoms with Crippen molar-refractivity contribution in [3.63, 3.8) is 0 Å². The Hall–Kier alpha value is 0.250. The van der Waals surface area contributed by atoms with Crippen molar-refractivity contribution in [2.24, 2.45) is 0 Å². The summed E-state index contributed by atoms with van der Waals surface area (Å²) in [4.78, 5) is 0. The van der Waals surface area contributed by atoms with Crippen LogP contribution in [-0.2, 0) is 4.74 Å². The molecule has 1 rings (SSSR count). The average Bonchev–Trinajstić information content (AvgIpc) is 2.63. The smallest absolute Gasteiger partial charge is 0.101 e. The fourth-order valence-electron chi connectivity index (χ4n) is 1.43. The first-order chi connectivity index (χ1) is 5.23. The van der Waals surface area contributed by atoms with Gasteiger partial charge in [0.1, 0.15) is 6.10 Å². The van der Waals surface area contributed by atoms with Gasteiger partial charge in [-0.2, -0.15) is 0 Å². The molecule has 2 unspecified atom stereocenters. The van der Waals surface area contributed by atoms with Gasteiger partial charge in [0.05, 0.1) is 11.5 Å². The lowest BCUT2D eigenvalue weighted by Gasteiger charge is -2.03. The molecular weight excluding hydrogens is 160 g/mol. The van der Waals surface area contributed by atoms with E-state index in [-0.39, 0.29) is 5.60 Å². The van der Waals surface area contributed by atoms with Crippen molar-refractivity contribution in [1.82, 2.24) is 0 Å². The zero-order valence-electron chi connectivity index (χ0n) is 7.40. The van der Waals surface area contributed by atoms with Gasteiger partial charge in [-0.1, -0.05) is 26.2 Å². The van der Waals surface area contributed by atoms with Gasteiger partial charge in [0.25, 0.3) is 0 Å². The van der Waals surface area contributed by atoms with Crippen molar-refractivity contribution in [1.29, 1.82) is 0 Å². The van der Waals surface area contributed by atoms with E-state index in [0.717, 1.165) is 0 Å². The van der Waals surface area contributed by atoms with Gasteiger partial charge in [0.2, 0.25) is 0 Å². The van der Waals surface area contributed by atoms with Crippen LogP contribution in [0.5, 0.6) is 0 Å². The molecule has 0 aliphatic carbocycles. The summed E-state index contributed by atoms with van der Waals surface area (Å²) in [5, 5.41) is 0. The van der Waals surface area contributed by atoms with Crippen LogP contribution in [0.25, 0.3) is 0 Å². The van der Waals surface area contributed by atoms with Gasteiger partial charge in [-0.05, 0) is 13.3 Å². The van der Waals surface area contributed by atoms with E-state index >= 15 is 0 Å². The van der Waals surface area contributed by atoms with Gasteiger partial charge in [-0.15, -0.1) is 11.6 Å². The highest BCUT2D eigenvalue weighted by molar-refractivity contribution is 6.18. The standard InChI is InChI=1S/C9H17ClO/c1-3-4-5-6-9(2)8(7-10)11-9/h8H,3-7H2,1-2H3. The van der Waals surface area contributed by atoms with Crippen LogP contribution < -0.4 is 0 Å². The van der Waals surface area contributed by atoms with E-state index in [9.17, 15) is 0 Å². The number of ether oxygens (including phenoxy) is 1. The lowest BCUT2D eigenvalue weighted by molar-refractivity contribution is 0.293. The number of halogens is 1. The van der Waals surface area contributed by atoms with Crippen LogP contribution in [0.1, 0.15) is 39.5 Å². The van der Waals surface area contributed by atoms with Crippen LogP contribution in [0.4, 0.5) is 0 Å². The fraction of sp³-hybridized carbons (Fsp3) is 1.00. The Kier molecular flexibility index (Phi) is 3.20. The van der Waals surface area contributed by atoms with Crippen molar-refractivity contribution < 1.29 is 4.74 Å². The number of hydrogen-bond acceptors (Lipinski definition) is 1. The third-order valence-corrected chi connectivity index (χ3v) is 2.73. The quantitative estimate of drug-likeness (QED) is 0.357. The second-order valence-electron chi connectivity index (χ2n) is 3.53.